The maximum Gasteiger partial charge on any atom is 0.188 e. The Morgan fingerprint density at radius 2 is 2.33 bits per heavy atom. The number of nitrogens with one attached hydrogen (secondary N) is 1. The first-order valence-electron chi connectivity index (χ1n) is 8.81. The van der Waals surface area contributed by atoms with Gasteiger partial charge in [0, 0.05) is 37.1 Å². The molecule has 0 aromatic carbocycles. The average molecular weight is 463 g/mol. The number of nitrogens with zero attached hydrogens (tertiary/aromatic N) is 3. The topological polar surface area (TPSA) is 56.9 Å². The summed E-state index contributed by atoms with van der Waals surface area (Å²) in [6.45, 7) is 9.50. The third-order valence-electron chi connectivity index (χ3n) is 5.00. The van der Waals surface area contributed by atoms with E-state index >= 15 is 0 Å². The molecule has 1 fully saturated rings. The fourth-order valence-electron chi connectivity index (χ4n) is 3.62. The van der Waals surface area contributed by atoms with Crippen LogP contribution in [-0.2, 0) is 13.0 Å². The molecule has 2 aliphatic heterocycles. The zero-order chi connectivity index (χ0) is 16.1. The lowest BCUT2D eigenvalue weighted by Gasteiger charge is -2.26. The Labute approximate surface area is 166 Å². The molecule has 1 saturated heterocycles. The number of likely N-dealkylation sites (N-methyl/N-ethyl adjacent to an activating group) is 1. The number of fused-ring (bicyclic) bond motifs is 1. The Morgan fingerprint density at radius 3 is 3.17 bits per heavy atom. The van der Waals surface area contributed by atoms with Crippen molar-refractivity contribution < 1.29 is 0 Å². The highest BCUT2D eigenvalue weighted by Gasteiger charge is 2.22. The summed E-state index contributed by atoms with van der Waals surface area (Å²) in [5.41, 5.74) is 7.52. The number of aliphatic imine (C=N–C) groups is 1. The van der Waals surface area contributed by atoms with Crippen LogP contribution in [0.2, 0.25) is 0 Å². The summed E-state index contributed by atoms with van der Waals surface area (Å²) in [6.07, 6.45) is 3.73. The van der Waals surface area contributed by atoms with E-state index in [1.165, 1.54) is 31.4 Å². The Bertz CT molecular complexity index is 533. The maximum absolute atomic E-state index is 6.02. The van der Waals surface area contributed by atoms with Gasteiger partial charge in [0.1, 0.15) is 0 Å². The highest BCUT2D eigenvalue weighted by molar-refractivity contribution is 14.0. The van der Waals surface area contributed by atoms with Gasteiger partial charge >= 0.3 is 0 Å². The maximum atomic E-state index is 6.02. The van der Waals surface area contributed by atoms with E-state index in [4.69, 9.17) is 5.73 Å². The molecule has 0 aliphatic carbocycles. The summed E-state index contributed by atoms with van der Waals surface area (Å²) in [6, 6.07) is 2.84. The van der Waals surface area contributed by atoms with Crippen LogP contribution in [0.15, 0.2) is 16.4 Å². The van der Waals surface area contributed by atoms with Crippen LogP contribution in [0.25, 0.3) is 0 Å². The predicted octanol–water partition coefficient (Wildman–Crippen LogP) is 2.11. The molecule has 1 atom stereocenters. The minimum absolute atomic E-state index is 0. The second-order valence-electron chi connectivity index (χ2n) is 6.47. The molecule has 0 bridgehead atoms. The van der Waals surface area contributed by atoms with E-state index in [0.29, 0.717) is 12.0 Å². The van der Waals surface area contributed by atoms with Gasteiger partial charge in [-0.2, -0.15) is 0 Å². The minimum Gasteiger partial charge on any atom is -0.370 e. The Kier molecular flexibility index (Phi) is 8.25. The molecule has 24 heavy (non-hydrogen) atoms. The van der Waals surface area contributed by atoms with Gasteiger partial charge in [-0.25, -0.2) is 0 Å². The monoisotopic (exact) mass is 463 g/mol. The number of likely N-dealkylation sites (tertiary alicyclic amines) is 1. The number of guanidine groups is 1. The van der Waals surface area contributed by atoms with Gasteiger partial charge < -0.3 is 11.1 Å². The summed E-state index contributed by atoms with van der Waals surface area (Å²) >= 11 is 1.89. The molecule has 1 aromatic rings. The number of hydrogen-bond acceptors (Lipinski definition) is 4. The second-order valence-corrected chi connectivity index (χ2v) is 7.47. The first-order valence-corrected chi connectivity index (χ1v) is 9.69. The summed E-state index contributed by atoms with van der Waals surface area (Å²) in [5.74, 6) is 0.598. The van der Waals surface area contributed by atoms with Crippen molar-refractivity contribution in [1.29, 1.82) is 0 Å². The third-order valence-corrected chi connectivity index (χ3v) is 6.02. The number of hydrogen-bond donors (Lipinski definition) is 2. The van der Waals surface area contributed by atoms with Gasteiger partial charge in [-0.1, -0.05) is 6.92 Å². The molecule has 0 spiro atoms. The summed E-state index contributed by atoms with van der Waals surface area (Å²) in [5, 5.41) is 5.48. The van der Waals surface area contributed by atoms with Crippen molar-refractivity contribution in [2.75, 3.05) is 39.3 Å². The molecule has 3 heterocycles. The van der Waals surface area contributed by atoms with Gasteiger partial charge in [-0.05, 0) is 49.4 Å². The second kappa shape index (κ2) is 9.94. The molecule has 3 N–H and O–H groups in total. The molecular formula is C17H30IN5S. The lowest BCUT2D eigenvalue weighted by atomic mass is 10.1. The van der Waals surface area contributed by atoms with Crippen LogP contribution in [0.5, 0.6) is 0 Å². The molecule has 5 nitrogen and oxygen atoms in total. The first kappa shape index (κ1) is 19.9. The number of thiophene rings is 1. The van der Waals surface area contributed by atoms with Crippen LogP contribution < -0.4 is 11.1 Å². The summed E-state index contributed by atoms with van der Waals surface area (Å²) < 4.78 is 0. The van der Waals surface area contributed by atoms with Gasteiger partial charge in [0.15, 0.2) is 5.96 Å². The zero-order valence-corrected chi connectivity index (χ0v) is 17.7. The molecule has 0 saturated carbocycles. The largest absolute Gasteiger partial charge is 0.370 e. The van der Waals surface area contributed by atoms with Gasteiger partial charge in [0.25, 0.3) is 0 Å². The van der Waals surface area contributed by atoms with Crippen LogP contribution >= 0.6 is 35.3 Å². The Hall–Kier alpha value is -0.380. The third kappa shape index (κ3) is 5.31. The number of rotatable bonds is 6. The fraction of sp³-hybridized carbons (Fsp3) is 0.706. The molecule has 136 valence electrons. The van der Waals surface area contributed by atoms with Crippen LogP contribution in [0, 0.1) is 0 Å². The molecule has 2 aliphatic rings. The van der Waals surface area contributed by atoms with Crippen molar-refractivity contribution in [3.63, 3.8) is 0 Å². The van der Waals surface area contributed by atoms with Gasteiger partial charge in [0.2, 0.25) is 0 Å². The molecule has 1 unspecified atom stereocenters. The number of halogens is 1. The van der Waals surface area contributed by atoms with Crippen LogP contribution in [0.3, 0.4) is 0 Å². The van der Waals surface area contributed by atoms with E-state index in [2.05, 4.69) is 38.5 Å². The highest BCUT2D eigenvalue weighted by Crippen LogP contribution is 2.23. The van der Waals surface area contributed by atoms with E-state index in [-0.39, 0.29) is 24.0 Å². The molecule has 0 radical (unpaired) electrons. The lowest BCUT2D eigenvalue weighted by molar-refractivity contribution is 0.260. The quantitative estimate of drug-likeness (QED) is 0.386. The average Bonchev–Trinajstić information content (AvgIpc) is 3.21. The van der Waals surface area contributed by atoms with E-state index in [1.54, 1.807) is 4.88 Å². The first-order chi connectivity index (χ1) is 11.3. The van der Waals surface area contributed by atoms with E-state index < -0.39 is 0 Å². The summed E-state index contributed by atoms with van der Waals surface area (Å²) in [7, 11) is 0. The van der Waals surface area contributed by atoms with Crippen LogP contribution in [0.4, 0.5) is 0 Å². The van der Waals surface area contributed by atoms with Gasteiger partial charge in [-0.15, -0.1) is 35.3 Å². The Balaban J connectivity index is 0.00000208. The predicted molar refractivity (Wildman–Crippen MR) is 113 cm³/mol. The van der Waals surface area contributed by atoms with Gasteiger partial charge in [0.05, 0.1) is 6.54 Å². The van der Waals surface area contributed by atoms with Crippen molar-refractivity contribution in [3.05, 3.63) is 21.9 Å². The zero-order valence-electron chi connectivity index (χ0n) is 14.5. The minimum atomic E-state index is 0. The molecular weight excluding hydrogens is 433 g/mol. The Morgan fingerprint density at radius 1 is 1.46 bits per heavy atom. The molecule has 1 aromatic heterocycles. The molecule has 7 heteroatoms. The number of nitrogens with two attached hydrogens (primary N) is 1. The van der Waals surface area contributed by atoms with Crippen molar-refractivity contribution >= 4 is 41.3 Å². The standard InChI is InChI=1S/C17H29N5S.HI/c1-2-22-8-3-4-15(22)12-20-17(18)19-7-10-21-9-5-16-14(13-21)6-11-23-16;/h6,11,15H,2-5,7-10,12-13H2,1H3,(H3,18,19,20);1H. The van der Waals surface area contributed by atoms with E-state index in [9.17, 15) is 0 Å². The van der Waals surface area contributed by atoms with Crippen molar-refractivity contribution in [2.24, 2.45) is 10.7 Å². The SMILES string of the molecule is CCN1CCCC1CN=C(N)NCCN1CCc2sccc2C1.I. The smallest absolute Gasteiger partial charge is 0.188 e. The van der Waals surface area contributed by atoms with Crippen molar-refractivity contribution in [2.45, 2.75) is 38.8 Å². The normalized spacial score (nSPS) is 22.2. The van der Waals surface area contributed by atoms with E-state index in [0.717, 1.165) is 39.3 Å². The molecule has 3 rings (SSSR count). The lowest BCUT2D eigenvalue weighted by Crippen LogP contribution is -2.41. The fourth-order valence-corrected chi connectivity index (χ4v) is 4.51. The van der Waals surface area contributed by atoms with Gasteiger partial charge in [-0.3, -0.25) is 14.8 Å². The van der Waals surface area contributed by atoms with Crippen LogP contribution in [0.1, 0.15) is 30.2 Å². The van der Waals surface area contributed by atoms with E-state index in [1.807, 2.05) is 11.3 Å². The molecule has 0 amide bonds. The van der Waals surface area contributed by atoms with Crippen LogP contribution in [-0.4, -0.2) is 61.1 Å². The highest BCUT2D eigenvalue weighted by atomic mass is 127. The van der Waals surface area contributed by atoms with Crippen molar-refractivity contribution in [1.82, 2.24) is 15.1 Å². The van der Waals surface area contributed by atoms with Crippen molar-refractivity contribution in [3.8, 4) is 0 Å². The summed E-state index contributed by atoms with van der Waals surface area (Å²) in [4.78, 5) is 11.1.